The Morgan fingerprint density at radius 2 is 1.76 bits per heavy atom. The van der Waals surface area contributed by atoms with Crippen molar-refractivity contribution >= 4 is 56.4 Å². The molecule has 4 rings (SSSR count). The van der Waals surface area contributed by atoms with E-state index >= 15 is 0 Å². The zero-order valence-corrected chi connectivity index (χ0v) is 22.1. The molecule has 38 heavy (non-hydrogen) atoms. The van der Waals surface area contributed by atoms with Crippen molar-refractivity contribution in [2.45, 2.75) is 18.4 Å². The van der Waals surface area contributed by atoms with Crippen molar-refractivity contribution < 1.29 is 31.9 Å². The van der Waals surface area contributed by atoms with Crippen LogP contribution in [-0.2, 0) is 21.5 Å². The Bertz CT molecular complexity index is 1560. The van der Waals surface area contributed by atoms with Crippen LogP contribution < -0.4 is 8.92 Å². The molecular formula is C25H19ClN2O8S2. The van der Waals surface area contributed by atoms with Crippen molar-refractivity contribution in [2.75, 3.05) is 6.61 Å². The number of para-hydroxylation sites is 1. The molecule has 10 nitrogen and oxygen atoms in total. The first-order valence-corrected chi connectivity index (χ1v) is 13.6. The van der Waals surface area contributed by atoms with Gasteiger partial charge in [0.25, 0.3) is 16.8 Å². The summed E-state index contributed by atoms with van der Waals surface area (Å²) in [7, 11) is -4.18. The van der Waals surface area contributed by atoms with E-state index in [9.17, 15) is 28.1 Å². The number of halogens is 1. The van der Waals surface area contributed by atoms with Crippen LogP contribution in [0.25, 0.3) is 6.08 Å². The third kappa shape index (κ3) is 5.98. The fourth-order valence-corrected chi connectivity index (χ4v) is 5.40. The van der Waals surface area contributed by atoms with Crippen molar-refractivity contribution in [3.8, 4) is 11.5 Å². The smallest absolute Gasteiger partial charge is 0.339 e. The molecule has 1 heterocycles. The van der Waals surface area contributed by atoms with Crippen LogP contribution in [0.1, 0.15) is 18.1 Å². The van der Waals surface area contributed by atoms with Crippen LogP contribution in [-0.4, -0.2) is 36.0 Å². The Morgan fingerprint density at radius 1 is 1.05 bits per heavy atom. The molecular weight excluding hydrogens is 556 g/mol. The molecule has 0 radical (unpaired) electrons. The van der Waals surface area contributed by atoms with Crippen molar-refractivity contribution in [3.05, 3.63) is 97.9 Å². The quantitative estimate of drug-likeness (QED) is 0.137. The number of hydrogen-bond acceptors (Lipinski definition) is 9. The monoisotopic (exact) mass is 574 g/mol. The Balaban J connectivity index is 1.58. The Hall–Kier alpha value is -3.87. The summed E-state index contributed by atoms with van der Waals surface area (Å²) >= 11 is 6.52. The second kappa shape index (κ2) is 11.3. The van der Waals surface area contributed by atoms with Crippen molar-refractivity contribution in [1.29, 1.82) is 0 Å². The fraction of sp³-hybridized carbons (Fsp3) is 0.120. The summed E-state index contributed by atoms with van der Waals surface area (Å²) in [5.74, 6) is -0.567. The number of hydrogen-bond donors (Lipinski definition) is 0. The van der Waals surface area contributed by atoms with Gasteiger partial charge in [0.2, 0.25) is 0 Å². The molecule has 0 N–H and O–H groups in total. The molecule has 1 aliphatic rings. The van der Waals surface area contributed by atoms with E-state index in [1.165, 1.54) is 66.7 Å². The fourth-order valence-electron chi connectivity index (χ4n) is 3.50. The maximum absolute atomic E-state index is 13.0. The molecule has 2 amide bonds. The van der Waals surface area contributed by atoms with E-state index in [1.807, 2.05) is 0 Å². The van der Waals surface area contributed by atoms with E-state index in [0.29, 0.717) is 22.3 Å². The first kappa shape index (κ1) is 27.2. The zero-order valence-electron chi connectivity index (χ0n) is 19.7. The lowest BCUT2D eigenvalue weighted by Crippen LogP contribution is -2.27. The number of nitro benzene ring substituents is 1. The van der Waals surface area contributed by atoms with Crippen molar-refractivity contribution in [3.63, 3.8) is 0 Å². The first-order valence-electron chi connectivity index (χ1n) is 11.0. The van der Waals surface area contributed by atoms with Crippen LogP contribution in [0.5, 0.6) is 11.5 Å². The van der Waals surface area contributed by atoms with Gasteiger partial charge in [0.1, 0.15) is 4.90 Å². The van der Waals surface area contributed by atoms with Crippen LogP contribution in [0.2, 0.25) is 5.02 Å². The van der Waals surface area contributed by atoms with Gasteiger partial charge in [-0.15, -0.1) is 0 Å². The average Bonchev–Trinajstić information content (AvgIpc) is 3.13. The second-order valence-electron chi connectivity index (χ2n) is 7.78. The second-order valence-corrected chi connectivity index (χ2v) is 10.8. The van der Waals surface area contributed by atoms with Crippen LogP contribution in [0.15, 0.2) is 76.5 Å². The molecule has 0 aliphatic carbocycles. The topological polar surface area (TPSA) is 133 Å². The number of ether oxygens (including phenoxy) is 1. The van der Waals surface area contributed by atoms with Gasteiger partial charge in [-0.3, -0.25) is 24.6 Å². The van der Waals surface area contributed by atoms with Crippen molar-refractivity contribution in [2.24, 2.45) is 0 Å². The van der Waals surface area contributed by atoms with Gasteiger partial charge in [0.15, 0.2) is 11.5 Å². The van der Waals surface area contributed by atoms with E-state index in [1.54, 1.807) is 13.0 Å². The number of imide groups is 1. The Kier molecular flexibility index (Phi) is 8.05. The van der Waals surface area contributed by atoms with Crippen molar-refractivity contribution in [1.82, 2.24) is 4.90 Å². The normalized spacial score (nSPS) is 14.7. The molecule has 13 heteroatoms. The van der Waals surface area contributed by atoms with Crippen LogP contribution in [0, 0.1) is 10.1 Å². The van der Waals surface area contributed by atoms with Gasteiger partial charge in [-0.05, 0) is 66.7 Å². The molecule has 196 valence electrons. The van der Waals surface area contributed by atoms with E-state index in [-0.39, 0.29) is 45.7 Å². The van der Waals surface area contributed by atoms with E-state index in [4.69, 9.17) is 20.5 Å². The summed E-state index contributed by atoms with van der Waals surface area (Å²) in [6.45, 7) is 1.66. The first-order chi connectivity index (χ1) is 18.1. The Morgan fingerprint density at radius 3 is 2.45 bits per heavy atom. The minimum atomic E-state index is -4.18. The lowest BCUT2D eigenvalue weighted by Gasteiger charge is -2.13. The van der Waals surface area contributed by atoms with Gasteiger partial charge in [0.05, 0.1) is 23.0 Å². The number of nitrogens with zero attached hydrogens (tertiary/aromatic N) is 2. The highest BCUT2D eigenvalue weighted by atomic mass is 35.5. The molecule has 0 saturated carbocycles. The van der Waals surface area contributed by atoms with E-state index in [2.05, 4.69) is 0 Å². The third-order valence-electron chi connectivity index (χ3n) is 5.26. The summed E-state index contributed by atoms with van der Waals surface area (Å²) in [4.78, 5) is 37.1. The summed E-state index contributed by atoms with van der Waals surface area (Å²) in [6, 6.07) is 15.7. The standard InChI is InChI=1S/C25H19ClN2O8S2/c1-2-35-22-13-16(7-12-21(22)36-38(33,34)19-10-8-18(26)9-11-19)14-23-24(29)27(25(30)37-23)15-17-5-3-4-6-20(17)28(31)32/h3-14H,2,15H2,1H3/b23-14-. The van der Waals surface area contributed by atoms with Gasteiger partial charge in [-0.1, -0.05) is 35.9 Å². The molecule has 0 bridgehead atoms. The minimum Gasteiger partial charge on any atom is -0.490 e. The predicted octanol–water partition coefficient (Wildman–Crippen LogP) is 5.65. The maximum atomic E-state index is 13.0. The lowest BCUT2D eigenvalue weighted by atomic mass is 10.1. The predicted molar refractivity (Wildman–Crippen MR) is 141 cm³/mol. The summed E-state index contributed by atoms with van der Waals surface area (Å²) in [6.07, 6.45) is 1.45. The van der Waals surface area contributed by atoms with Gasteiger partial charge in [-0.2, -0.15) is 8.42 Å². The highest BCUT2D eigenvalue weighted by Crippen LogP contribution is 2.37. The summed E-state index contributed by atoms with van der Waals surface area (Å²) < 4.78 is 36.2. The number of rotatable bonds is 9. The number of thioether (sulfide) groups is 1. The van der Waals surface area contributed by atoms with Crippen LogP contribution >= 0.6 is 23.4 Å². The molecule has 1 aliphatic heterocycles. The van der Waals surface area contributed by atoms with Crippen LogP contribution in [0.3, 0.4) is 0 Å². The van der Waals surface area contributed by atoms with Gasteiger partial charge < -0.3 is 8.92 Å². The van der Waals surface area contributed by atoms with E-state index in [0.717, 1.165) is 4.90 Å². The minimum absolute atomic E-state index is 0.0663. The van der Waals surface area contributed by atoms with Gasteiger partial charge in [-0.25, -0.2) is 0 Å². The molecule has 0 atom stereocenters. The highest BCUT2D eigenvalue weighted by Gasteiger charge is 2.36. The molecule has 0 aromatic heterocycles. The average molecular weight is 575 g/mol. The largest absolute Gasteiger partial charge is 0.490 e. The third-order valence-corrected chi connectivity index (χ3v) is 7.67. The molecule has 1 saturated heterocycles. The van der Waals surface area contributed by atoms with Gasteiger partial charge >= 0.3 is 10.1 Å². The van der Waals surface area contributed by atoms with Gasteiger partial charge in [0, 0.05) is 16.7 Å². The summed E-state index contributed by atoms with van der Waals surface area (Å²) in [5.41, 5.74) is 0.477. The number of carbonyl (C=O) groups excluding carboxylic acids is 2. The molecule has 1 fully saturated rings. The molecule has 0 unspecified atom stereocenters. The number of nitro groups is 1. The zero-order chi connectivity index (χ0) is 27.4. The molecule has 0 spiro atoms. The summed E-state index contributed by atoms with van der Waals surface area (Å²) in [5, 5.41) is 11.1. The number of carbonyl (C=O) groups is 2. The number of benzene rings is 3. The number of amides is 2. The lowest BCUT2D eigenvalue weighted by molar-refractivity contribution is -0.385. The SMILES string of the molecule is CCOc1cc(/C=C2\SC(=O)N(Cc3ccccc3[N+](=O)[O-])C2=O)ccc1OS(=O)(=O)c1ccc(Cl)cc1. The maximum Gasteiger partial charge on any atom is 0.339 e. The van der Waals surface area contributed by atoms with E-state index < -0.39 is 26.2 Å². The van der Waals surface area contributed by atoms with Crippen LogP contribution in [0.4, 0.5) is 10.5 Å². The Labute approximate surface area is 227 Å². The molecule has 3 aromatic carbocycles. The highest BCUT2D eigenvalue weighted by molar-refractivity contribution is 8.18. The molecule has 3 aromatic rings.